The molecule has 7 heteroatoms. The van der Waals surface area contributed by atoms with E-state index in [-0.39, 0.29) is 23.9 Å². The molecule has 1 heterocycles. The van der Waals surface area contributed by atoms with Crippen LogP contribution in [0.15, 0.2) is 45.2 Å². The number of esters is 1. The maximum Gasteiger partial charge on any atom is 0.303 e. The van der Waals surface area contributed by atoms with Gasteiger partial charge in [-0.3, -0.25) is 9.00 Å². The molecule has 1 aromatic rings. The van der Waals surface area contributed by atoms with E-state index in [1.165, 1.54) is 12.3 Å². The highest BCUT2D eigenvalue weighted by atomic mass is 32.2. The van der Waals surface area contributed by atoms with E-state index >= 15 is 0 Å². The summed E-state index contributed by atoms with van der Waals surface area (Å²) in [6.45, 7) is 1.39. The highest BCUT2D eigenvalue weighted by Crippen LogP contribution is 2.29. The van der Waals surface area contributed by atoms with Crippen LogP contribution in [0.3, 0.4) is 0 Å². The van der Waals surface area contributed by atoms with Gasteiger partial charge in [0, 0.05) is 12.3 Å². The molecule has 0 aromatic heterocycles. The second-order valence-corrected chi connectivity index (χ2v) is 8.60. The van der Waals surface area contributed by atoms with Crippen molar-refractivity contribution >= 4 is 27.6 Å². The van der Waals surface area contributed by atoms with Crippen LogP contribution in [0.2, 0.25) is 0 Å². The second-order valence-electron chi connectivity index (χ2n) is 5.91. The summed E-state index contributed by atoms with van der Waals surface area (Å²) >= 11 is 0. The van der Waals surface area contributed by atoms with Crippen molar-refractivity contribution in [2.75, 3.05) is 5.75 Å². The molecule has 1 aliphatic heterocycles. The molecule has 0 radical (unpaired) electrons. The first-order valence-corrected chi connectivity index (χ1v) is 10.5. The molecule has 0 unspecified atom stereocenters. The van der Waals surface area contributed by atoms with Gasteiger partial charge >= 0.3 is 5.97 Å². The van der Waals surface area contributed by atoms with Crippen molar-refractivity contribution in [3.8, 4) is 0 Å². The Morgan fingerprint density at radius 2 is 1.75 bits per heavy atom. The molecule has 3 rings (SSSR count). The minimum absolute atomic E-state index is 0.187. The molecule has 24 heavy (non-hydrogen) atoms. The van der Waals surface area contributed by atoms with Crippen molar-refractivity contribution in [3.63, 3.8) is 0 Å². The van der Waals surface area contributed by atoms with Crippen LogP contribution in [0.5, 0.6) is 0 Å². The topological polar surface area (TPSA) is 69.7 Å². The quantitative estimate of drug-likeness (QED) is 0.767. The molecule has 1 aliphatic carbocycles. The monoisotopic (exact) mass is 368 g/mol. The number of ether oxygens (including phenoxy) is 2. The summed E-state index contributed by atoms with van der Waals surface area (Å²) in [5, 5.41) is 1.53. The van der Waals surface area contributed by atoms with Crippen LogP contribution in [0.1, 0.15) is 32.6 Å². The first-order valence-electron chi connectivity index (χ1n) is 7.97. The van der Waals surface area contributed by atoms with Crippen LogP contribution >= 0.6 is 0 Å². The molecule has 1 saturated carbocycles. The minimum atomic E-state index is -1.40. The Morgan fingerprint density at radius 3 is 2.46 bits per heavy atom. The Kier molecular flexibility index (Phi) is 5.50. The first kappa shape index (κ1) is 17.4. The molecule has 0 N–H and O–H groups in total. The van der Waals surface area contributed by atoms with E-state index in [4.69, 9.17) is 9.47 Å². The number of benzene rings is 1. The first-order chi connectivity index (χ1) is 11.5. The molecule has 5 nitrogen and oxygen atoms in total. The Bertz CT molecular complexity index is 713. The van der Waals surface area contributed by atoms with Gasteiger partial charge in [0.25, 0.3) is 0 Å². The van der Waals surface area contributed by atoms with Gasteiger partial charge in [0.05, 0.1) is 37.1 Å². The van der Waals surface area contributed by atoms with Crippen molar-refractivity contribution in [1.82, 2.24) is 0 Å². The Labute approximate surface area is 146 Å². The van der Waals surface area contributed by atoms with Crippen LogP contribution < -0.4 is 0 Å². The summed E-state index contributed by atoms with van der Waals surface area (Å²) in [6, 6.07) is 7.04. The summed E-state index contributed by atoms with van der Waals surface area (Å²) in [7, 11) is -2.70. The van der Waals surface area contributed by atoms with Crippen molar-refractivity contribution in [3.05, 3.63) is 35.4 Å². The largest absolute Gasteiger partial charge is 0.489 e. The zero-order chi connectivity index (χ0) is 17.1. The Balaban J connectivity index is 1.79. The lowest BCUT2D eigenvalue weighted by Crippen LogP contribution is -2.36. The second kappa shape index (κ2) is 7.61. The third-order valence-electron chi connectivity index (χ3n) is 4.09. The fourth-order valence-electron chi connectivity index (χ4n) is 3.03. The van der Waals surface area contributed by atoms with Crippen LogP contribution in [0.25, 0.3) is 0 Å². The lowest BCUT2D eigenvalue weighted by atomic mass is 9.94. The molecular formula is C17H20O5S2. The maximum atomic E-state index is 12.5. The zero-order valence-corrected chi connectivity index (χ0v) is 15.1. The average Bonchev–Trinajstić information content (AvgIpc) is 2.66. The van der Waals surface area contributed by atoms with Crippen molar-refractivity contribution in [2.24, 2.45) is 0 Å². The highest BCUT2D eigenvalue weighted by Gasteiger charge is 2.31. The number of hydrogen-bond acceptors (Lipinski definition) is 5. The van der Waals surface area contributed by atoms with E-state index < -0.39 is 21.6 Å². The Hall–Kier alpha value is -1.47. The molecule has 0 spiro atoms. The smallest absolute Gasteiger partial charge is 0.303 e. The van der Waals surface area contributed by atoms with E-state index in [1.54, 1.807) is 24.3 Å². The Morgan fingerprint density at radius 1 is 1.08 bits per heavy atom. The zero-order valence-electron chi connectivity index (χ0n) is 13.4. The maximum absolute atomic E-state index is 12.5. The van der Waals surface area contributed by atoms with Crippen molar-refractivity contribution < 1.29 is 22.7 Å². The van der Waals surface area contributed by atoms with Crippen LogP contribution in [-0.2, 0) is 35.9 Å². The normalized spacial score (nSPS) is 29.8. The standard InChI is InChI=1S/C17H20O5S2/c1-12(18)21-14-6-2-3-7-15(14)22-13-10-23(19)16-8-4-5-9-17(16)24(20)11-13/h4-5,8-10,14-15H,2-3,6-7,11H2,1H3/t14-,15+,23+,24+/m0/s1. The summed E-state index contributed by atoms with van der Waals surface area (Å²) in [6.07, 6.45) is 2.92. The number of hydrogen-bond donors (Lipinski definition) is 0. The lowest BCUT2D eigenvalue weighted by Gasteiger charge is -2.31. The van der Waals surface area contributed by atoms with Crippen LogP contribution in [0, 0.1) is 0 Å². The van der Waals surface area contributed by atoms with Gasteiger partial charge < -0.3 is 9.47 Å². The van der Waals surface area contributed by atoms with E-state index in [1.807, 2.05) is 0 Å². The average molecular weight is 368 g/mol. The molecule has 1 fully saturated rings. The minimum Gasteiger partial charge on any atom is -0.489 e. The fourth-order valence-corrected chi connectivity index (χ4v) is 5.73. The number of fused-ring (bicyclic) bond motifs is 1. The molecule has 130 valence electrons. The van der Waals surface area contributed by atoms with Crippen LogP contribution in [-0.4, -0.2) is 32.3 Å². The lowest BCUT2D eigenvalue weighted by molar-refractivity contribution is -0.155. The van der Waals surface area contributed by atoms with Gasteiger partial charge in [-0.05, 0) is 37.8 Å². The molecule has 0 bridgehead atoms. The van der Waals surface area contributed by atoms with Gasteiger partial charge in [-0.25, -0.2) is 4.21 Å². The fraction of sp³-hybridized carbons (Fsp3) is 0.471. The number of rotatable bonds is 3. The van der Waals surface area contributed by atoms with Gasteiger partial charge in [0.2, 0.25) is 0 Å². The van der Waals surface area contributed by atoms with Gasteiger partial charge in [-0.15, -0.1) is 0 Å². The number of carbonyl (C=O) groups excluding carboxylic acids is 1. The third kappa shape index (κ3) is 3.95. The van der Waals surface area contributed by atoms with Gasteiger partial charge in [0.1, 0.15) is 18.0 Å². The summed E-state index contributed by atoms with van der Waals surface area (Å²) < 4.78 is 36.4. The summed E-state index contributed by atoms with van der Waals surface area (Å²) in [4.78, 5) is 12.4. The van der Waals surface area contributed by atoms with Gasteiger partial charge in [-0.1, -0.05) is 12.1 Å². The highest BCUT2D eigenvalue weighted by molar-refractivity contribution is 7.90. The van der Waals surface area contributed by atoms with E-state index in [9.17, 15) is 13.2 Å². The van der Waals surface area contributed by atoms with E-state index in [0.717, 1.165) is 25.7 Å². The molecule has 0 amide bonds. The molecular weight excluding hydrogens is 348 g/mol. The van der Waals surface area contributed by atoms with E-state index in [2.05, 4.69) is 0 Å². The van der Waals surface area contributed by atoms with Gasteiger partial charge in [-0.2, -0.15) is 0 Å². The number of carbonyl (C=O) groups is 1. The SMILES string of the molecule is CC(=O)O[C@H]1CCCC[C@H]1OC1=C[S@@](=O)c2ccccc2[S@](=O)C1. The molecule has 1 aromatic carbocycles. The third-order valence-corrected chi connectivity index (χ3v) is 6.87. The molecule has 0 saturated heterocycles. The predicted molar refractivity (Wildman–Crippen MR) is 91.1 cm³/mol. The summed E-state index contributed by atoms with van der Waals surface area (Å²) in [5.74, 6) is 0.309. The summed E-state index contributed by atoms with van der Waals surface area (Å²) in [5.41, 5.74) is 0. The molecule has 4 atom stereocenters. The van der Waals surface area contributed by atoms with E-state index in [0.29, 0.717) is 15.6 Å². The van der Waals surface area contributed by atoms with Crippen LogP contribution in [0.4, 0.5) is 0 Å². The van der Waals surface area contributed by atoms with Crippen molar-refractivity contribution in [2.45, 2.75) is 54.6 Å². The molecule has 2 aliphatic rings. The predicted octanol–water partition coefficient (Wildman–Crippen LogP) is 2.65. The van der Waals surface area contributed by atoms with Gasteiger partial charge in [0.15, 0.2) is 0 Å². The van der Waals surface area contributed by atoms with Crippen molar-refractivity contribution in [1.29, 1.82) is 0 Å².